The molecule has 0 saturated carbocycles. The molecule has 0 saturated heterocycles. The van der Waals surface area contributed by atoms with Crippen LogP contribution in [0.2, 0.25) is 0 Å². The Hall–Kier alpha value is -3.48. The van der Waals surface area contributed by atoms with Crippen LogP contribution in [0.1, 0.15) is 35.2 Å². The van der Waals surface area contributed by atoms with Crippen LogP contribution in [0.4, 0.5) is 0 Å². The summed E-state index contributed by atoms with van der Waals surface area (Å²) >= 11 is 0. The van der Waals surface area contributed by atoms with E-state index in [9.17, 15) is 9.59 Å². The lowest BCUT2D eigenvalue weighted by atomic mass is 10.0. The maximum Gasteiger partial charge on any atom is 0.310 e. The molecule has 7 nitrogen and oxygen atoms in total. The molecule has 2 aromatic carbocycles. The van der Waals surface area contributed by atoms with Crippen molar-refractivity contribution in [1.82, 2.24) is 5.32 Å². The fraction of sp³-hybridized carbons (Fsp3) is 0.333. The first-order chi connectivity index (χ1) is 14.9. The van der Waals surface area contributed by atoms with E-state index in [0.29, 0.717) is 24.7 Å². The summed E-state index contributed by atoms with van der Waals surface area (Å²) in [6, 6.07) is 9.22. The molecule has 0 aliphatic carbocycles. The van der Waals surface area contributed by atoms with Crippen molar-refractivity contribution in [3.8, 4) is 11.5 Å². The van der Waals surface area contributed by atoms with E-state index >= 15 is 0 Å². The van der Waals surface area contributed by atoms with Gasteiger partial charge in [-0.1, -0.05) is 6.07 Å². The van der Waals surface area contributed by atoms with Gasteiger partial charge in [-0.3, -0.25) is 9.59 Å². The molecule has 4 rings (SSSR count). The van der Waals surface area contributed by atoms with Crippen molar-refractivity contribution >= 4 is 22.8 Å². The van der Waals surface area contributed by atoms with Crippen molar-refractivity contribution in [2.45, 2.75) is 33.2 Å². The van der Waals surface area contributed by atoms with Crippen LogP contribution >= 0.6 is 0 Å². The molecular weight excluding hydrogens is 398 g/mol. The molecule has 162 valence electrons. The second-order valence-electron chi connectivity index (χ2n) is 7.72. The van der Waals surface area contributed by atoms with E-state index < -0.39 is 5.97 Å². The zero-order valence-electron chi connectivity index (χ0n) is 17.8. The van der Waals surface area contributed by atoms with Crippen LogP contribution in [-0.4, -0.2) is 31.7 Å². The minimum atomic E-state index is -0.483. The van der Waals surface area contributed by atoms with Gasteiger partial charge in [-0.15, -0.1) is 0 Å². The highest BCUT2D eigenvalue weighted by atomic mass is 16.6. The highest BCUT2D eigenvalue weighted by Crippen LogP contribution is 2.32. The molecule has 1 N–H and O–H groups in total. The standard InChI is InChI=1S/C24H25NO6/c1-14-8-19-18(12-30-21(19)9-15(14)2)11-24(27)31-13-23(26)25-16(3)17-4-5-20-22(10-17)29-7-6-28-20/h4-5,8-10,12,16H,6-7,11,13H2,1-3H3,(H,25,26)/t16-/m0/s1. The zero-order chi connectivity index (χ0) is 22.0. The first-order valence-electron chi connectivity index (χ1n) is 10.2. The molecule has 1 atom stereocenters. The van der Waals surface area contributed by atoms with E-state index in [0.717, 1.165) is 33.2 Å². The predicted molar refractivity (Wildman–Crippen MR) is 114 cm³/mol. The third kappa shape index (κ3) is 4.66. The fourth-order valence-electron chi connectivity index (χ4n) is 3.52. The number of amides is 1. The molecule has 31 heavy (non-hydrogen) atoms. The largest absolute Gasteiger partial charge is 0.486 e. The van der Waals surface area contributed by atoms with Crippen LogP contribution in [0.5, 0.6) is 11.5 Å². The van der Waals surface area contributed by atoms with Crippen LogP contribution < -0.4 is 14.8 Å². The first kappa shape index (κ1) is 20.8. The molecule has 0 fully saturated rings. The number of aryl methyl sites for hydroxylation is 2. The molecular formula is C24H25NO6. The first-order valence-corrected chi connectivity index (χ1v) is 10.2. The third-order valence-electron chi connectivity index (χ3n) is 5.41. The Morgan fingerprint density at radius 3 is 2.61 bits per heavy atom. The Morgan fingerprint density at radius 1 is 1.06 bits per heavy atom. The normalized spacial score (nSPS) is 13.6. The van der Waals surface area contributed by atoms with E-state index in [1.807, 2.05) is 51.1 Å². The van der Waals surface area contributed by atoms with Crippen LogP contribution in [0.15, 0.2) is 41.0 Å². The number of esters is 1. The number of benzene rings is 2. The fourth-order valence-corrected chi connectivity index (χ4v) is 3.52. The van der Waals surface area contributed by atoms with E-state index in [4.69, 9.17) is 18.6 Å². The summed E-state index contributed by atoms with van der Waals surface area (Å²) < 4.78 is 21.8. The Balaban J connectivity index is 1.30. The summed E-state index contributed by atoms with van der Waals surface area (Å²) in [5, 5.41) is 3.72. The molecule has 1 aromatic heterocycles. The van der Waals surface area contributed by atoms with Crippen molar-refractivity contribution < 1.29 is 28.2 Å². The molecule has 0 spiro atoms. The van der Waals surface area contributed by atoms with Gasteiger partial charge in [0.2, 0.25) is 0 Å². The summed E-state index contributed by atoms with van der Waals surface area (Å²) in [7, 11) is 0. The van der Waals surface area contributed by atoms with Gasteiger partial charge in [-0.25, -0.2) is 0 Å². The predicted octanol–water partition coefficient (Wildman–Crippen LogP) is 3.78. The van der Waals surface area contributed by atoms with Gasteiger partial charge >= 0.3 is 5.97 Å². The summed E-state index contributed by atoms with van der Waals surface area (Å²) in [5.74, 6) is 0.496. The van der Waals surface area contributed by atoms with Crippen LogP contribution in [0.3, 0.4) is 0 Å². The molecule has 1 aliphatic heterocycles. The lowest BCUT2D eigenvalue weighted by Crippen LogP contribution is -2.31. The maximum atomic E-state index is 12.3. The monoisotopic (exact) mass is 423 g/mol. The topological polar surface area (TPSA) is 87.0 Å². The van der Waals surface area contributed by atoms with Gasteiger partial charge in [0.25, 0.3) is 5.91 Å². The molecule has 7 heteroatoms. The van der Waals surface area contributed by atoms with Gasteiger partial charge in [0.15, 0.2) is 18.1 Å². The Morgan fingerprint density at radius 2 is 1.81 bits per heavy atom. The molecule has 3 aromatic rings. The number of fused-ring (bicyclic) bond motifs is 2. The number of ether oxygens (including phenoxy) is 3. The minimum absolute atomic E-state index is 0.0422. The van der Waals surface area contributed by atoms with Crippen molar-refractivity contribution in [2.24, 2.45) is 0 Å². The van der Waals surface area contributed by atoms with E-state index in [1.165, 1.54) is 0 Å². The number of hydrogen-bond acceptors (Lipinski definition) is 6. The molecule has 1 aliphatic rings. The number of carbonyl (C=O) groups is 2. The maximum absolute atomic E-state index is 12.3. The van der Waals surface area contributed by atoms with Crippen LogP contribution in [0.25, 0.3) is 11.0 Å². The van der Waals surface area contributed by atoms with Gasteiger partial charge in [-0.05, 0) is 61.7 Å². The summed E-state index contributed by atoms with van der Waals surface area (Å²) in [6.45, 7) is 6.55. The molecule has 2 heterocycles. The van der Waals surface area contributed by atoms with Crippen LogP contribution in [-0.2, 0) is 20.7 Å². The van der Waals surface area contributed by atoms with Crippen molar-refractivity contribution in [3.63, 3.8) is 0 Å². The number of rotatable bonds is 6. The molecule has 0 bridgehead atoms. The lowest BCUT2D eigenvalue weighted by molar-refractivity contribution is -0.148. The average Bonchev–Trinajstić information content (AvgIpc) is 3.13. The summed E-state index contributed by atoms with van der Waals surface area (Å²) in [4.78, 5) is 24.5. The van der Waals surface area contributed by atoms with Gasteiger partial charge in [-0.2, -0.15) is 0 Å². The van der Waals surface area contributed by atoms with Gasteiger partial charge in [0.1, 0.15) is 18.8 Å². The Labute approximate surface area is 180 Å². The Kier molecular flexibility index (Phi) is 5.84. The number of hydrogen-bond donors (Lipinski definition) is 1. The SMILES string of the molecule is Cc1cc2occ(CC(=O)OCC(=O)N[C@@H](C)c3ccc4c(c3)OCCO4)c2cc1C. The van der Waals surface area contributed by atoms with E-state index in [1.54, 1.807) is 6.26 Å². The van der Waals surface area contributed by atoms with Crippen molar-refractivity contribution in [3.05, 3.63) is 58.8 Å². The molecule has 1 amide bonds. The molecule has 0 unspecified atom stereocenters. The second-order valence-corrected chi connectivity index (χ2v) is 7.72. The quantitative estimate of drug-likeness (QED) is 0.607. The highest BCUT2D eigenvalue weighted by Gasteiger charge is 2.17. The third-order valence-corrected chi connectivity index (χ3v) is 5.41. The van der Waals surface area contributed by atoms with Crippen molar-refractivity contribution in [1.29, 1.82) is 0 Å². The van der Waals surface area contributed by atoms with Gasteiger partial charge in [0, 0.05) is 10.9 Å². The zero-order valence-corrected chi connectivity index (χ0v) is 17.8. The van der Waals surface area contributed by atoms with Crippen molar-refractivity contribution in [2.75, 3.05) is 19.8 Å². The number of furan rings is 1. The highest BCUT2D eigenvalue weighted by molar-refractivity contribution is 5.87. The van der Waals surface area contributed by atoms with Crippen LogP contribution in [0, 0.1) is 13.8 Å². The van der Waals surface area contributed by atoms with Gasteiger partial charge in [0.05, 0.1) is 18.7 Å². The number of carbonyl (C=O) groups excluding carboxylic acids is 2. The Bertz CT molecular complexity index is 1130. The lowest BCUT2D eigenvalue weighted by Gasteiger charge is -2.21. The second kappa shape index (κ2) is 8.71. The molecule has 0 radical (unpaired) electrons. The summed E-state index contributed by atoms with van der Waals surface area (Å²) in [6.07, 6.45) is 1.61. The van der Waals surface area contributed by atoms with E-state index in [2.05, 4.69) is 5.32 Å². The van der Waals surface area contributed by atoms with E-state index in [-0.39, 0.29) is 25.0 Å². The average molecular weight is 423 g/mol. The van der Waals surface area contributed by atoms with Gasteiger partial charge < -0.3 is 23.9 Å². The minimum Gasteiger partial charge on any atom is -0.486 e. The number of nitrogens with one attached hydrogen (secondary N) is 1. The summed E-state index contributed by atoms with van der Waals surface area (Å²) in [5.41, 5.74) is 4.60. The smallest absolute Gasteiger partial charge is 0.310 e.